The van der Waals surface area contributed by atoms with E-state index >= 15 is 0 Å². The number of nitrogens with zero attached hydrogens (tertiary/aromatic N) is 1. The minimum atomic E-state index is -3.90. The summed E-state index contributed by atoms with van der Waals surface area (Å²) in [6.07, 6.45) is 1.53. The summed E-state index contributed by atoms with van der Waals surface area (Å²) < 4.78 is 25.9. The first-order chi connectivity index (χ1) is 5.99. The van der Waals surface area contributed by atoms with E-state index in [1.54, 1.807) is 12.1 Å². The molecule has 2 N–H and O–H groups in total. The maximum Gasteiger partial charge on any atom is 0.333 e. The molecule has 5 nitrogen and oxygen atoms in total. The lowest BCUT2D eigenvalue weighted by Gasteiger charge is -2.01. The Morgan fingerprint density at radius 3 is 2.85 bits per heavy atom. The minimum absolute atomic E-state index is 0.166. The third-order valence-corrected chi connectivity index (χ3v) is 2.36. The molecule has 13 heavy (non-hydrogen) atoms. The Labute approximate surface area is 84.3 Å². The average Bonchev–Trinajstić information content (AvgIpc) is 2.01. The van der Waals surface area contributed by atoms with Crippen molar-refractivity contribution < 1.29 is 12.6 Å². The Balaban J connectivity index is 2.71. The first-order valence-corrected chi connectivity index (χ1v) is 5.52. The van der Waals surface area contributed by atoms with Crippen LogP contribution in [0.3, 0.4) is 0 Å². The molecule has 1 rings (SSSR count). The van der Waals surface area contributed by atoms with Gasteiger partial charge in [-0.2, -0.15) is 8.42 Å². The zero-order chi connectivity index (χ0) is 9.90. The summed E-state index contributed by atoms with van der Waals surface area (Å²) in [5.74, 6) is 0. The van der Waals surface area contributed by atoms with Crippen LogP contribution in [0, 0.1) is 0 Å². The monoisotopic (exact) mass is 266 g/mol. The molecule has 0 spiro atoms. The number of halogens is 1. The number of nitrogens with two attached hydrogens (primary N) is 1. The van der Waals surface area contributed by atoms with Gasteiger partial charge >= 0.3 is 10.3 Å². The Morgan fingerprint density at radius 1 is 1.62 bits per heavy atom. The van der Waals surface area contributed by atoms with Crippen LogP contribution in [0.2, 0.25) is 0 Å². The number of hydrogen-bond donors (Lipinski definition) is 1. The van der Waals surface area contributed by atoms with E-state index in [0.29, 0.717) is 10.2 Å². The Kier molecular flexibility index (Phi) is 3.37. The van der Waals surface area contributed by atoms with Crippen LogP contribution in [-0.4, -0.2) is 13.4 Å². The molecule has 1 aromatic heterocycles. The zero-order valence-corrected chi connectivity index (χ0v) is 8.88. The molecule has 0 fully saturated rings. The van der Waals surface area contributed by atoms with Crippen LogP contribution in [0.25, 0.3) is 0 Å². The summed E-state index contributed by atoms with van der Waals surface area (Å²) >= 11 is 3.19. The molecule has 0 saturated heterocycles. The van der Waals surface area contributed by atoms with Crippen molar-refractivity contribution in [3.63, 3.8) is 0 Å². The van der Waals surface area contributed by atoms with E-state index in [0.717, 1.165) is 0 Å². The van der Waals surface area contributed by atoms with Crippen molar-refractivity contribution in [2.75, 3.05) is 0 Å². The molecule has 1 aromatic rings. The highest BCUT2D eigenvalue weighted by molar-refractivity contribution is 9.10. The van der Waals surface area contributed by atoms with E-state index in [1.165, 1.54) is 6.20 Å². The van der Waals surface area contributed by atoms with E-state index in [9.17, 15) is 8.42 Å². The molecule has 1 heterocycles. The Morgan fingerprint density at radius 2 is 2.31 bits per heavy atom. The maximum absolute atomic E-state index is 10.4. The van der Waals surface area contributed by atoms with E-state index in [4.69, 9.17) is 0 Å². The second-order valence-electron chi connectivity index (χ2n) is 2.19. The molecular weight excluding hydrogens is 260 g/mol. The number of aromatic nitrogens is 1. The molecule has 0 unspecified atom stereocenters. The highest BCUT2D eigenvalue weighted by atomic mass is 79.9. The van der Waals surface area contributed by atoms with Gasteiger partial charge in [0.15, 0.2) is 0 Å². The van der Waals surface area contributed by atoms with Gasteiger partial charge in [-0.1, -0.05) is 0 Å². The standard InChI is InChI=1S/C6H7BrN2O3S/c7-5-2-1-3-9-6(5)4-12-13(8,10)11/h1-3H,4H2,(H2,8,10,11). The summed E-state index contributed by atoms with van der Waals surface area (Å²) in [5.41, 5.74) is 0.483. The molecule has 0 aromatic carbocycles. The van der Waals surface area contributed by atoms with E-state index < -0.39 is 10.3 Å². The van der Waals surface area contributed by atoms with Crippen molar-refractivity contribution >= 4 is 26.2 Å². The van der Waals surface area contributed by atoms with Gasteiger partial charge in [0.25, 0.3) is 0 Å². The van der Waals surface area contributed by atoms with Gasteiger partial charge in [-0.3, -0.25) is 9.17 Å². The highest BCUT2D eigenvalue weighted by Crippen LogP contribution is 2.14. The number of hydrogen-bond acceptors (Lipinski definition) is 4. The normalized spacial score (nSPS) is 11.5. The van der Waals surface area contributed by atoms with E-state index in [-0.39, 0.29) is 6.61 Å². The molecule has 7 heteroatoms. The predicted octanol–water partition coefficient (Wildman–Crippen LogP) is 0.564. The predicted molar refractivity (Wildman–Crippen MR) is 49.8 cm³/mol. The fourth-order valence-electron chi connectivity index (χ4n) is 0.663. The topological polar surface area (TPSA) is 82.3 Å². The third-order valence-electron chi connectivity index (χ3n) is 1.19. The first kappa shape index (κ1) is 10.6. The minimum Gasteiger partial charge on any atom is -0.258 e. The van der Waals surface area contributed by atoms with Crippen LogP contribution >= 0.6 is 15.9 Å². The molecule has 0 bridgehead atoms. The number of rotatable bonds is 3. The van der Waals surface area contributed by atoms with E-state index in [2.05, 4.69) is 30.2 Å². The summed E-state index contributed by atoms with van der Waals surface area (Å²) in [6.45, 7) is -0.166. The fraction of sp³-hybridized carbons (Fsp3) is 0.167. The van der Waals surface area contributed by atoms with Crippen LogP contribution in [0.5, 0.6) is 0 Å². The highest BCUT2D eigenvalue weighted by Gasteiger charge is 2.06. The fourth-order valence-corrected chi connectivity index (χ4v) is 1.31. The van der Waals surface area contributed by atoms with Crippen LogP contribution in [-0.2, 0) is 21.1 Å². The van der Waals surface area contributed by atoms with Gasteiger partial charge in [0, 0.05) is 10.7 Å². The number of pyridine rings is 1. The second kappa shape index (κ2) is 4.14. The summed E-state index contributed by atoms with van der Waals surface area (Å²) in [5, 5.41) is 4.64. The molecule has 0 atom stereocenters. The van der Waals surface area contributed by atoms with Crippen molar-refractivity contribution in [2.45, 2.75) is 6.61 Å². The van der Waals surface area contributed by atoms with Gasteiger partial charge in [-0.15, -0.1) is 0 Å². The van der Waals surface area contributed by atoms with Gasteiger partial charge in [-0.05, 0) is 28.1 Å². The molecular formula is C6H7BrN2O3S. The van der Waals surface area contributed by atoms with Crippen LogP contribution in [0.1, 0.15) is 5.69 Å². The Bertz CT molecular complexity index is 393. The molecule has 0 radical (unpaired) electrons. The van der Waals surface area contributed by atoms with Crippen molar-refractivity contribution in [1.29, 1.82) is 0 Å². The molecule has 0 amide bonds. The lowest BCUT2D eigenvalue weighted by Crippen LogP contribution is -2.16. The zero-order valence-electron chi connectivity index (χ0n) is 6.47. The molecule has 0 aliphatic carbocycles. The van der Waals surface area contributed by atoms with Crippen molar-refractivity contribution in [3.05, 3.63) is 28.5 Å². The van der Waals surface area contributed by atoms with Crippen molar-refractivity contribution in [2.24, 2.45) is 5.14 Å². The summed E-state index contributed by atoms with van der Waals surface area (Å²) in [6, 6.07) is 3.44. The summed E-state index contributed by atoms with van der Waals surface area (Å²) in [7, 11) is -3.90. The molecule has 0 saturated carbocycles. The van der Waals surface area contributed by atoms with Crippen molar-refractivity contribution in [3.8, 4) is 0 Å². The van der Waals surface area contributed by atoms with E-state index in [1.807, 2.05) is 0 Å². The first-order valence-electron chi connectivity index (χ1n) is 3.25. The van der Waals surface area contributed by atoms with Gasteiger partial charge < -0.3 is 0 Å². The largest absolute Gasteiger partial charge is 0.333 e. The molecule has 0 aliphatic rings. The van der Waals surface area contributed by atoms with Crippen LogP contribution < -0.4 is 5.14 Å². The lowest BCUT2D eigenvalue weighted by molar-refractivity contribution is 0.303. The lowest BCUT2D eigenvalue weighted by atomic mass is 10.4. The van der Waals surface area contributed by atoms with Crippen LogP contribution in [0.15, 0.2) is 22.8 Å². The van der Waals surface area contributed by atoms with Gasteiger partial charge in [0.05, 0.1) is 5.69 Å². The van der Waals surface area contributed by atoms with Crippen molar-refractivity contribution in [1.82, 2.24) is 4.98 Å². The smallest absolute Gasteiger partial charge is 0.258 e. The average molecular weight is 267 g/mol. The van der Waals surface area contributed by atoms with Gasteiger partial charge in [0.1, 0.15) is 6.61 Å². The maximum atomic E-state index is 10.4. The summed E-state index contributed by atoms with van der Waals surface area (Å²) in [4.78, 5) is 3.89. The third kappa shape index (κ3) is 3.81. The van der Waals surface area contributed by atoms with Gasteiger partial charge in [0.2, 0.25) is 0 Å². The van der Waals surface area contributed by atoms with Crippen LogP contribution in [0.4, 0.5) is 0 Å². The Hall–Kier alpha value is -0.500. The molecule has 72 valence electrons. The van der Waals surface area contributed by atoms with Gasteiger partial charge in [-0.25, -0.2) is 5.14 Å². The molecule has 0 aliphatic heterocycles. The SMILES string of the molecule is NS(=O)(=O)OCc1ncccc1Br. The quantitative estimate of drug-likeness (QED) is 0.867. The second-order valence-corrected chi connectivity index (χ2v) is 4.26.